The van der Waals surface area contributed by atoms with E-state index in [0.29, 0.717) is 0 Å². The van der Waals surface area contributed by atoms with Gasteiger partial charge in [0.1, 0.15) is 0 Å². The van der Waals surface area contributed by atoms with Crippen molar-refractivity contribution < 1.29 is 13.2 Å². The molecule has 2 aromatic carbocycles. The predicted octanol–water partition coefficient (Wildman–Crippen LogP) is 4.95. The Morgan fingerprint density at radius 3 is 2.43 bits per heavy atom. The summed E-state index contributed by atoms with van der Waals surface area (Å²) in [4.78, 5) is 12.7. The van der Waals surface area contributed by atoms with Crippen LogP contribution in [0.3, 0.4) is 0 Å². The Bertz CT molecular complexity index is 1070. The molecule has 1 aromatic heterocycles. The zero-order valence-electron chi connectivity index (χ0n) is 15.9. The van der Waals surface area contributed by atoms with Crippen molar-refractivity contribution in [1.29, 1.82) is 0 Å². The minimum Gasteiger partial charge on any atom is -0.317 e. The van der Waals surface area contributed by atoms with Gasteiger partial charge in [0.2, 0.25) is 5.91 Å². The highest BCUT2D eigenvalue weighted by Gasteiger charge is 2.12. The number of aryl methyl sites for hydroxylation is 1. The third-order valence-electron chi connectivity index (χ3n) is 4.60. The molecule has 1 amide bonds. The third kappa shape index (κ3) is 4.69. The average Bonchev–Trinajstić information content (AvgIpc) is 3.16. The van der Waals surface area contributed by atoms with E-state index in [1.807, 2.05) is 18.2 Å². The summed E-state index contributed by atoms with van der Waals surface area (Å²) in [6.45, 7) is 3.75. The van der Waals surface area contributed by atoms with E-state index in [0.717, 1.165) is 22.5 Å². The van der Waals surface area contributed by atoms with Crippen molar-refractivity contribution in [1.82, 2.24) is 0 Å². The fourth-order valence-corrected chi connectivity index (χ4v) is 4.70. The molecule has 0 fully saturated rings. The van der Waals surface area contributed by atoms with Crippen LogP contribution < -0.4 is 5.32 Å². The van der Waals surface area contributed by atoms with E-state index in [2.05, 4.69) is 29.8 Å². The zero-order chi connectivity index (χ0) is 20.1. The maximum atomic E-state index is 12.4. The molecular weight excluding hydrogens is 390 g/mol. The second-order valence-electron chi connectivity index (χ2n) is 6.48. The number of thiophene rings is 1. The maximum Gasteiger partial charge on any atom is 0.229 e. The number of hydrogen-bond acceptors (Lipinski definition) is 4. The van der Waals surface area contributed by atoms with Crippen LogP contribution in [0.2, 0.25) is 0 Å². The first-order valence-electron chi connectivity index (χ1n) is 9.21. The van der Waals surface area contributed by atoms with Gasteiger partial charge in [0, 0.05) is 5.38 Å². The molecule has 0 atom stereocenters. The largest absolute Gasteiger partial charge is 0.317 e. The normalized spacial score (nSPS) is 11.4. The van der Waals surface area contributed by atoms with Gasteiger partial charge in [0.15, 0.2) is 9.84 Å². The lowest BCUT2D eigenvalue weighted by Crippen LogP contribution is -2.13. The molecule has 0 aliphatic heterocycles. The van der Waals surface area contributed by atoms with E-state index in [9.17, 15) is 13.2 Å². The molecule has 0 saturated carbocycles. The van der Waals surface area contributed by atoms with Gasteiger partial charge < -0.3 is 5.32 Å². The van der Waals surface area contributed by atoms with Crippen molar-refractivity contribution in [2.45, 2.75) is 31.6 Å². The second kappa shape index (κ2) is 8.71. The number of sulfone groups is 1. The van der Waals surface area contributed by atoms with Gasteiger partial charge >= 0.3 is 0 Å². The SMILES string of the molecule is CCc1ccccc1-c1csc(NC(=O)Cc2ccc(S(=O)(=O)CC)cc2)c1. The molecule has 0 aliphatic rings. The lowest BCUT2D eigenvalue weighted by Gasteiger charge is -2.06. The topological polar surface area (TPSA) is 63.2 Å². The first-order valence-corrected chi connectivity index (χ1v) is 11.7. The number of hydrogen-bond donors (Lipinski definition) is 1. The summed E-state index contributed by atoms with van der Waals surface area (Å²) < 4.78 is 23.7. The highest BCUT2D eigenvalue weighted by atomic mass is 32.2. The van der Waals surface area contributed by atoms with Gasteiger partial charge in [-0.2, -0.15) is 0 Å². The molecule has 146 valence electrons. The van der Waals surface area contributed by atoms with Gasteiger partial charge in [-0.15, -0.1) is 11.3 Å². The summed E-state index contributed by atoms with van der Waals surface area (Å²) in [7, 11) is -3.22. The van der Waals surface area contributed by atoms with E-state index >= 15 is 0 Å². The standard InChI is InChI=1S/C22H23NO3S2/c1-3-17-7-5-6-8-20(17)18-14-22(27-15-18)23-21(24)13-16-9-11-19(12-10-16)28(25,26)4-2/h5-12,14-15H,3-4,13H2,1-2H3,(H,23,24). The van der Waals surface area contributed by atoms with Crippen LogP contribution in [-0.4, -0.2) is 20.1 Å². The molecular formula is C22H23NO3S2. The number of benzene rings is 2. The first kappa shape index (κ1) is 20.3. The molecule has 3 aromatic rings. The minimum absolute atomic E-state index is 0.0642. The summed E-state index contributed by atoms with van der Waals surface area (Å²) in [5, 5.41) is 5.79. The van der Waals surface area contributed by atoms with Crippen LogP contribution in [-0.2, 0) is 27.5 Å². The second-order valence-corrected chi connectivity index (χ2v) is 9.67. The van der Waals surface area contributed by atoms with Gasteiger partial charge in [-0.1, -0.05) is 50.2 Å². The van der Waals surface area contributed by atoms with Gasteiger partial charge in [-0.25, -0.2) is 8.42 Å². The van der Waals surface area contributed by atoms with Gasteiger partial charge in [0.25, 0.3) is 0 Å². The Hall–Kier alpha value is -2.44. The zero-order valence-corrected chi connectivity index (χ0v) is 17.6. The fourth-order valence-electron chi connectivity index (χ4n) is 3.00. The number of carbonyl (C=O) groups excluding carboxylic acids is 1. The van der Waals surface area contributed by atoms with Gasteiger partial charge in [0.05, 0.1) is 22.1 Å². The molecule has 0 unspecified atom stereocenters. The Kier molecular flexibility index (Phi) is 6.31. The van der Waals surface area contributed by atoms with Crippen LogP contribution in [0.25, 0.3) is 11.1 Å². The molecule has 0 spiro atoms. The summed E-state index contributed by atoms with van der Waals surface area (Å²) in [6.07, 6.45) is 1.16. The number of amides is 1. The summed E-state index contributed by atoms with van der Waals surface area (Å²) in [5.41, 5.74) is 4.35. The van der Waals surface area contributed by atoms with Crippen molar-refractivity contribution >= 4 is 32.1 Å². The predicted molar refractivity (Wildman–Crippen MR) is 116 cm³/mol. The Labute approximate surface area is 170 Å². The van der Waals surface area contributed by atoms with Crippen LogP contribution in [0.4, 0.5) is 5.00 Å². The lowest BCUT2D eigenvalue weighted by atomic mass is 10.0. The van der Waals surface area contributed by atoms with Crippen molar-refractivity contribution in [3.63, 3.8) is 0 Å². The summed E-state index contributed by atoms with van der Waals surface area (Å²) in [5.74, 6) is -0.0578. The van der Waals surface area contributed by atoms with Crippen LogP contribution in [0.15, 0.2) is 64.9 Å². The van der Waals surface area contributed by atoms with Crippen molar-refractivity contribution in [3.8, 4) is 11.1 Å². The average molecular weight is 414 g/mol. The smallest absolute Gasteiger partial charge is 0.229 e. The van der Waals surface area contributed by atoms with E-state index in [1.165, 1.54) is 22.5 Å². The summed E-state index contributed by atoms with van der Waals surface area (Å²) >= 11 is 1.50. The number of rotatable bonds is 7. The van der Waals surface area contributed by atoms with Crippen molar-refractivity contribution in [2.24, 2.45) is 0 Å². The third-order valence-corrected chi connectivity index (χ3v) is 7.19. The number of carbonyl (C=O) groups is 1. The van der Waals surface area contributed by atoms with Crippen LogP contribution in [0, 0.1) is 0 Å². The van der Waals surface area contributed by atoms with Gasteiger partial charge in [-0.05, 0) is 46.9 Å². The van der Waals surface area contributed by atoms with Crippen LogP contribution in [0.1, 0.15) is 25.0 Å². The minimum atomic E-state index is -3.22. The molecule has 6 heteroatoms. The van der Waals surface area contributed by atoms with E-state index < -0.39 is 9.84 Å². The molecule has 4 nitrogen and oxygen atoms in total. The molecule has 0 radical (unpaired) electrons. The lowest BCUT2D eigenvalue weighted by molar-refractivity contribution is -0.115. The first-order chi connectivity index (χ1) is 13.4. The van der Waals surface area contributed by atoms with E-state index in [1.54, 1.807) is 31.2 Å². The Morgan fingerprint density at radius 2 is 1.75 bits per heavy atom. The van der Waals surface area contributed by atoms with E-state index in [-0.39, 0.29) is 23.0 Å². The molecule has 1 heterocycles. The quantitative estimate of drug-likeness (QED) is 0.596. The Morgan fingerprint density at radius 1 is 1.04 bits per heavy atom. The molecule has 0 saturated heterocycles. The Balaban J connectivity index is 1.67. The van der Waals surface area contributed by atoms with Crippen molar-refractivity contribution in [2.75, 3.05) is 11.1 Å². The van der Waals surface area contributed by atoms with Crippen LogP contribution in [0.5, 0.6) is 0 Å². The maximum absolute atomic E-state index is 12.4. The van der Waals surface area contributed by atoms with E-state index in [4.69, 9.17) is 0 Å². The molecule has 28 heavy (non-hydrogen) atoms. The molecule has 1 N–H and O–H groups in total. The molecule has 3 rings (SSSR count). The summed E-state index contributed by atoms with van der Waals surface area (Å²) in [6, 6.07) is 16.8. The fraction of sp³-hybridized carbons (Fsp3) is 0.227. The molecule has 0 aliphatic carbocycles. The van der Waals surface area contributed by atoms with Gasteiger partial charge in [-0.3, -0.25) is 4.79 Å². The monoisotopic (exact) mass is 413 g/mol. The number of nitrogens with one attached hydrogen (secondary N) is 1. The molecule has 0 bridgehead atoms. The van der Waals surface area contributed by atoms with Crippen LogP contribution >= 0.6 is 11.3 Å². The highest BCUT2D eigenvalue weighted by Crippen LogP contribution is 2.31. The van der Waals surface area contributed by atoms with Crippen molar-refractivity contribution in [3.05, 3.63) is 71.1 Å². The highest BCUT2D eigenvalue weighted by molar-refractivity contribution is 7.91. The number of anilines is 1.